The van der Waals surface area contributed by atoms with Crippen LogP contribution in [0.3, 0.4) is 0 Å². The van der Waals surface area contributed by atoms with E-state index in [1.807, 2.05) is 0 Å². The van der Waals surface area contributed by atoms with Crippen molar-refractivity contribution in [3.63, 3.8) is 0 Å². The molecule has 0 aromatic heterocycles. The molecule has 1 aliphatic rings. The molecule has 0 amide bonds. The largest absolute Gasteiger partial charge is 0.398 e. The fourth-order valence-electron chi connectivity index (χ4n) is 1.61. The number of hydrogen-bond acceptors (Lipinski definition) is 4. The minimum Gasteiger partial charge on any atom is -0.398 e. The van der Waals surface area contributed by atoms with E-state index in [0.717, 1.165) is 4.47 Å². The van der Waals surface area contributed by atoms with Gasteiger partial charge in [0.15, 0.2) is 0 Å². The van der Waals surface area contributed by atoms with E-state index in [-0.39, 0.29) is 0 Å². The number of nitrogen functional groups attached to an aromatic ring is 1. The maximum Gasteiger partial charge on any atom is 0.301 e. The summed E-state index contributed by atoms with van der Waals surface area (Å²) in [5, 5.41) is 0. The lowest BCUT2D eigenvalue weighted by atomic mass is 10.3. The quantitative estimate of drug-likeness (QED) is 0.807. The Labute approximate surface area is 114 Å². The molecule has 0 unspecified atom stereocenters. The fraction of sp³-hybridized carbons (Fsp3) is 0.400. The van der Waals surface area contributed by atoms with Crippen molar-refractivity contribution < 1.29 is 13.2 Å². The number of halogens is 1. The van der Waals surface area contributed by atoms with Crippen LogP contribution < -0.4 is 10.5 Å². The smallest absolute Gasteiger partial charge is 0.301 e. The van der Waals surface area contributed by atoms with Crippen LogP contribution in [0.4, 0.5) is 11.4 Å². The molecule has 1 aliphatic heterocycles. The molecule has 1 fully saturated rings. The summed E-state index contributed by atoms with van der Waals surface area (Å²) in [6.45, 7) is 1.56. The second kappa shape index (κ2) is 5.43. The van der Waals surface area contributed by atoms with E-state index in [1.54, 1.807) is 18.2 Å². The molecule has 0 saturated carbocycles. The van der Waals surface area contributed by atoms with E-state index in [0.29, 0.717) is 37.7 Å². The summed E-state index contributed by atoms with van der Waals surface area (Å²) in [5.41, 5.74) is 6.63. The highest BCUT2D eigenvalue weighted by Crippen LogP contribution is 2.24. The Morgan fingerprint density at radius 3 is 2.61 bits per heavy atom. The van der Waals surface area contributed by atoms with Crippen molar-refractivity contribution in [1.29, 1.82) is 0 Å². The van der Waals surface area contributed by atoms with Gasteiger partial charge in [-0.1, -0.05) is 0 Å². The van der Waals surface area contributed by atoms with Gasteiger partial charge in [0.2, 0.25) is 0 Å². The van der Waals surface area contributed by atoms with E-state index in [4.69, 9.17) is 10.5 Å². The molecule has 1 heterocycles. The third-order valence-corrected chi connectivity index (χ3v) is 4.81. The first-order valence-electron chi connectivity index (χ1n) is 5.40. The van der Waals surface area contributed by atoms with Gasteiger partial charge in [0.1, 0.15) is 0 Å². The van der Waals surface area contributed by atoms with Crippen molar-refractivity contribution in [3.05, 3.63) is 22.7 Å². The minimum absolute atomic E-state index is 0.362. The number of ether oxygens (including phenoxy) is 1. The van der Waals surface area contributed by atoms with E-state index < -0.39 is 10.2 Å². The summed E-state index contributed by atoms with van der Waals surface area (Å²) in [6, 6.07) is 4.92. The van der Waals surface area contributed by atoms with Crippen LogP contribution in [0.2, 0.25) is 0 Å². The first-order valence-corrected chi connectivity index (χ1v) is 7.63. The van der Waals surface area contributed by atoms with E-state index in [1.165, 1.54) is 4.31 Å². The monoisotopic (exact) mass is 335 g/mol. The van der Waals surface area contributed by atoms with Crippen molar-refractivity contribution in [3.8, 4) is 0 Å². The van der Waals surface area contributed by atoms with Crippen LogP contribution in [0.15, 0.2) is 22.7 Å². The first kappa shape index (κ1) is 13.6. The maximum absolute atomic E-state index is 12.1. The minimum atomic E-state index is -3.53. The number of nitrogens with one attached hydrogen (secondary N) is 1. The molecule has 100 valence electrons. The molecule has 1 aromatic carbocycles. The van der Waals surface area contributed by atoms with Crippen LogP contribution >= 0.6 is 15.9 Å². The molecule has 0 spiro atoms. The Balaban J connectivity index is 2.13. The van der Waals surface area contributed by atoms with E-state index in [9.17, 15) is 8.42 Å². The number of anilines is 2. The summed E-state index contributed by atoms with van der Waals surface area (Å²) < 4.78 is 33.8. The lowest BCUT2D eigenvalue weighted by Gasteiger charge is -2.26. The number of rotatable bonds is 3. The molecule has 2 rings (SSSR count). The zero-order valence-corrected chi connectivity index (χ0v) is 12.0. The Hall–Kier alpha value is -0.830. The van der Waals surface area contributed by atoms with Gasteiger partial charge >= 0.3 is 10.2 Å². The summed E-state index contributed by atoms with van der Waals surface area (Å²) in [7, 11) is -3.53. The second-order valence-corrected chi connectivity index (χ2v) is 6.38. The average molecular weight is 336 g/mol. The van der Waals surface area contributed by atoms with Gasteiger partial charge in [0.05, 0.1) is 18.9 Å². The lowest BCUT2D eigenvalue weighted by Crippen LogP contribution is -2.43. The molecule has 8 heteroatoms. The Kier molecular flexibility index (Phi) is 4.10. The molecule has 3 N–H and O–H groups in total. The molecule has 1 saturated heterocycles. The molecular formula is C10H14BrN3O3S. The molecule has 18 heavy (non-hydrogen) atoms. The van der Waals surface area contributed by atoms with Gasteiger partial charge in [0.25, 0.3) is 0 Å². The SMILES string of the molecule is Nc1cc(NS(=O)(=O)N2CCOCC2)ccc1Br. The van der Waals surface area contributed by atoms with E-state index in [2.05, 4.69) is 20.7 Å². The number of nitrogens with zero attached hydrogens (tertiary/aromatic N) is 1. The molecule has 0 bridgehead atoms. The maximum atomic E-state index is 12.1. The van der Waals surface area contributed by atoms with Crippen LogP contribution in [-0.4, -0.2) is 39.0 Å². The summed E-state index contributed by atoms with van der Waals surface area (Å²) in [5.74, 6) is 0. The van der Waals surface area contributed by atoms with Crippen LogP contribution in [0, 0.1) is 0 Å². The van der Waals surface area contributed by atoms with Crippen LogP contribution in [0.25, 0.3) is 0 Å². The van der Waals surface area contributed by atoms with Crippen molar-refractivity contribution in [2.75, 3.05) is 36.8 Å². The number of morpholine rings is 1. The number of benzene rings is 1. The third-order valence-electron chi connectivity index (χ3n) is 2.55. The normalized spacial score (nSPS) is 17.6. The standard InChI is InChI=1S/C10H14BrN3O3S/c11-9-2-1-8(7-10(9)12)13-18(15,16)14-3-5-17-6-4-14/h1-2,7,13H,3-6,12H2. The van der Waals surface area contributed by atoms with Gasteiger partial charge in [-0.3, -0.25) is 4.72 Å². The first-order chi connectivity index (χ1) is 8.49. The second-order valence-electron chi connectivity index (χ2n) is 3.85. The Morgan fingerprint density at radius 1 is 1.33 bits per heavy atom. The van der Waals surface area contributed by atoms with Crippen molar-refractivity contribution in [1.82, 2.24) is 4.31 Å². The van der Waals surface area contributed by atoms with Gasteiger partial charge in [-0.25, -0.2) is 0 Å². The van der Waals surface area contributed by atoms with Gasteiger partial charge in [-0.05, 0) is 34.1 Å². The van der Waals surface area contributed by atoms with E-state index >= 15 is 0 Å². The van der Waals surface area contributed by atoms with Gasteiger partial charge in [0, 0.05) is 23.2 Å². The Bertz CT molecular complexity index is 529. The highest BCUT2D eigenvalue weighted by Gasteiger charge is 2.24. The van der Waals surface area contributed by atoms with Crippen LogP contribution in [0.1, 0.15) is 0 Å². The summed E-state index contributed by atoms with van der Waals surface area (Å²) in [6.07, 6.45) is 0. The molecule has 0 aliphatic carbocycles. The molecule has 6 nitrogen and oxygen atoms in total. The molecule has 0 radical (unpaired) electrons. The predicted octanol–water partition coefficient (Wildman–Crippen LogP) is 1.02. The van der Waals surface area contributed by atoms with Crippen LogP contribution in [-0.2, 0) is 14.9 Å². The number of hydrogen-bond donors (Lipinski definition) is 2. The third kappa shape index (κ3) is 3.14. The van der Waals surface area contributed by atoms with Crippen molar-refractivity contribution >= 4 is 37.5 Å². The zero-order valence-electron chi connectivity index (χ0n) is 9.60. The molecule has 1 aromatic rings. The highest BCUT2D eigenvalue weighted by atomic mass is 79.9. The topological polar surface area (TPSA) is 84.7 Å². The summed E-state index contributed by atoms with van der Waals surface area (Å²) in [4.78, 5) is 0. The highest BCUT2D eigenvalue weighted by molar-refractivity contribution is 9.10. The Morgan fingerprint density at radius 2 is 2.00 bits per heavy atom. The number of nitrogens with two attached hydrogens (primary N) is 1. The summed E-state index contributed by atoms with van der Waals surface area (Å²) >= 11 is 3.26. The molecule has 0 atom stereocenters. The average Bonchev–Trinajstić information content (AvgIpc) is 2.35. The molecular weight excluding hydrogens is 322 g/mol. The lowest BCUT2D eigenvalue weighted by molar-refractivity contribution is 0.0733. The van der Waals surface area contributed by atoms with Crippen molar-refractivity contribution in [2.24, 2.45) is 0 Å². The zero-order chi connectivity index (χ0) is 13.2. The fourth-order valence-corrected chi connectivity index (χ4v) is 3.04. The van der Waals surface area contributed by atoms with Crippen LogP contribution in [0.5, 0.6) is 0 Å². The predicted molar refractivity (Wildman–Crippen MR) is 73.5 cm³/mol. The van der Waals surface area contributed by atoms with Gasteiger partial charge in [-0.15, -0.1) is 0 Å². The van der Waals surface area contributed by atoms with Crippen molar-refractivity contribution in [2.45, 2.75) is 0 Å². The van der Waals surface area contributed by atoms with Gasteiger partial charge in [-0.2, -0.15) is 12.7 Å². The van der Waals surface area contributed by atoms with Gasteiger partial charge < -0.3 is 10.5 Å².